The summed E-state index contributed by atoms with van der Waals surface area (Å²) in [4.78, 5) is 25.4. The minimum absolute atomic E-state index is 0.0293. The first-order valence-corrected chi connectivity index (χ1v) is 10.0. The van der Waals surface area contributed by atoms with Crippen molar-refractivity contribution in [3.63, 3.8) is 0 Å². The number of hydrogen-bond donors (Lipinski definition) is 1. The standard InChI is InChI=1S/C24H19ClFNO4/c1-27(22(23(28)29)19-12-14(25)10-11-21(19)26)24(30)31-13-20-17-8-4-2-6-15(17)16-7-3-5-9-18(16)20/h2-12,20,22H,13H2,1H3,(H,28,29). The zero-order chi connectivity index (χ0) is 22.1. The molecule has 0 aromatic heterocycles. The van der Waals surface area contributed by atoms with Gasteiger partial charge in [-0.1, -0.05) is 60.1 Å². The molecule has 5 nitrogen and oxygen atoms in total. The number of carboxylic acid groups (broad SMARTS) is 1. The number of halogens is 2. The van der Waals surface area contributed by atoms with E-state index in [-0.39, 0.29) is 23.1 Å². The zero-order valence-corrected chi connectivity index (χ0v) is 17.3. The molecule has 1 aliphatic rings. The van der Waals surface area contributed by atoms with Gasteiger partial charge in [0.25, 0.3) is 0 Å². The Morgan fingerprint density at radius 1 is 1.06 bits per heavy atom. The lowest BCUT2D eigenvalue weighted by Crippen LogP contribution is -2.37. The van der Waals surface area contributed by atoms with E-state index in [0.29, 0.717) is 0 Å². The van der Waals surface area contributed by atoms with Gasteiger partial charge in [-0.05, 0) is 40.5 Å². The van der Waals surface area contributed by atoms with E-state index in [2.05, 4.69) is 0 Å². The average Bonchev–Trinajstić information content (AvgIpc) is 3.08. The summed E-state index contributed by atoms with van der Waals surface area (Å²) in [7, 11) is 1.26. The molecule has 1 unspecified atom stereocenters. The van der Waals surface area contributed by atoms with Crippen molar-refractivity contribution in [3.05, 3.63) is 94.3 Å². The van der Waals surface area contributed by atoms with E-state index in [9.17, 15) is 19.1 Å². The summed E-state index contributed by atoms with van der Waals surface area (Å²) >= 11 is 5.90. The minimum Gasteiger partial charge on any atom is -0.479 e. The number of rotatable bonds is 5. The second-order valence-corrected chi connectivity index (χ2v) is 7.76. The van der Waals surface area contributed by atoms with Gasteiger partial charge in [-0.2, -0.15) is 0 Å². The number of aliphatic carboxylic acids is 1. The number of carbonyl (C=O) groups is 2. The molecule has 1 aliphatic carbocycles. The molecule has 7 heteroatoms. The predicted octanol–water partition coefficient (Wildman–Crippen LogP) is 5.49. The molecule has 3 aromatic carbocycles. The Morgan fingerprint density at radius 3 is 2.23 bits per heavy atom. The zero-order valence-electron chi connectivity index (χ0n) is 16.6. The van der Waals surface area contributed by atoms with Gasteiger partial charge in [0.15, 0.2) is 6.04 Å². The fourth-order valence-corrected chi connectivity index (χ4v) is 4.21. The molecule has 1 atom stereocenters. The maximum absolute atomic E-state index is 14.3. The topological polar surface area (TPSA) is 66.8 Å². The van der Waals surface area contributed by atoms with Crippen LogP contribution < -0.4 is 0 Å². The van der Waals surface area contributed by atoms with E-state index >= 15 is 0 Å². The summed E-state index contributed by atoms with van der Waals surface area (Å²) in [6.45, 7) is 0.0293. The lowest BCUT2D eigenvalue weighted by Gasteiger charge is -2.26. The van der Waals surface area contributed by atoms with Gasteiger partial charge >= 0.3 is 12.1 Å². The molecular formula is C24H19ClFNO4. The Labute approximate surface area is 183 Å². The van der Waals surface area contributed by atoms with Crippen LogP contribution in [0, 0.1) is 5.82 Å². The third-order valence-electron chi connectivity index (χ3n) is 5.50. The van der Waals surface area contributed by atoms with Crippen molar-refractivity contribution < 1.29 is 23.8 Å². The van der Waals surface area contributed by atoms with Gasteiger partial charge in [0.05, 0.1) is 0 Å². The van der Waals surface area contributed by atoms with Crippen LogP contribution in [0.2, 0.25) is 5.02 Å². The highest BCUT2D eigenvalue weighted by Gasteiger charge is 2.34. The van der Waals surface area contributed by atoms with E-state index in [1.165, 1.54) is 19.2 Å². The lowest BCUT2D eigenvalue weighted by atomic mass is 9.98. The van der Waals surface area contributed by atoms with Gasteiger partial charge in [-0.3, -0.25) is 4.90 Å². The van der Waals surface area contributed by atoms with Crippen molar-refractivity contribution in [3.8, 4) is 11.1 Å². The van der Waals surface area contributed by atoms with Gasteiger partial charge < -0.3 is 9.84 Å². The highest BCUT2D eigenvalue weighted by Crippen LogP contribution is 2.44. The van der Waals surface area contributed by atoms with Crippen molar-refractivity contribution in [1.82, 2.24) is 4.90 Å². The van der Waals surface area contributed by atoms with E-state index in [4.69, 9.17) is 16.3 Å². The average molecular weight is 440 g/mol. The first-order chi connectivity index (χ1) is 14.9. The lowest BCUT2D eigenvalue weighted by molar-refractivity contribution is -0.142. The van der Waals surface area contributed by atoms with Gasteiger partial charge in [0.2, 0.25) is 0 Å². The predicted molar refractivity (Wildman–Crippen MR) is 115 cm³/mol. The molecule has 0 fully saturated rings. The Bertz CT molecular complexity index is 1120. The van der Waals surface area contributed by atoms with Crippen LogP contribution in [0.3, 0.4) is 0 Å². The van der Waals surface area contributed by atoms with Crippen molar-refractivity contribution in [2.24, 2.45) is 0 Å². The number of hydrogen-bond acceptors (Lipinski definition) is 3. The van der Waals surface area contributed by atoms with Gasteiger partial charge in [0.1, 0.15) is 12.4 Å². The Kier molecular flexibility index (Phi) is 5.65. The van der Waals surface area contributed by atoms with Crippen LogP contribution in [0.15, 0.2) is 66.7 Å². The van der Waals surface area contributed by atoms with Crippen LogP contribution >= 0.6 is 11.6 Å². The summed E-state index contributed by atoms with van der Waals surface area (Å²) < 4.78 is 19.8. The van der Waals surface area contributed by atoms with Crippen molar-refractivity contribution in [2.75, 3.05) is 13.7 Å². The van der Waals surface area contributed by atoms with Crippen molar-refractivity contribution >= 4 is 23.7 Å². The smallest absolute Gasteiger partial charge is 0.410 e. The van der Waals surface area contributed by atoms with Crippen LogP contribution in [-0.2, 0) is 9.53 Å². The Balaban J connectivity index is 1.56. The van der Waals surface area contributed by atoms with Crippen molar-refractivity contribution in [1.29, 1.82) is 0 Å². The molecule has 3 aromatic rings. The second-order valence-electron chi connectivity index (χ2n) is 7.32. The van der Waals surface area contributed by atoms with E-state index in [1.807, 2.05) is 48.5 Å². The number of nitrogens with zero attached hydrogens (tertiary/aromatic N) is 1. The highest BCUT2D eigenvalue weighted by atomic mass is 35.5. The fraction of sp³-hybridized carbons (Fsp3) is 0.167. The Hall–Kier alpha value is -3.38. The molecule has 1 amide bonds. The number of ether oxygens (including phenoxy) is 1. The summed E-state index contributed by atoms with van der Waals surface area (Å²) in [5.74, 6) is -2.33. The van der Waals surface area contributed by atoms with Crippen LogP contribution in [0.4, 0.5) is 9.18 Å². The number of benzene rings is 3. The van der Waals surface area contributed by atoms with Gasteiger partial charge in [-0.15, -0.1) is 0 Å². The molecule has 1 N–H and O–H groups in total. The van der Waals surface area contributed by atoms with Crippen molar-refractivity contribution in [2.45, 2.75) is 12.0 Å². The molecule has 0 heterocycles. The van der Waals surface area contributed by atoms with Crippen LogP contribution in [0.5, 0.6) is 0 Å². The maximum atomic E-state index is 14.3. The summed E-state index contributed by atoms with van der Waals surface area (Å²) in [6, 6.07) is 17.8. The minimum atomic E-state index is -1.57. The molecule has 4 rings (SSSR count). The molecule has 0 aliphatic heterocycles. The van der Waals surface area contributed by atoms with Crippen LogP contribution in [0.25, 0.3) is 11.1 Å². The van der Waals surface area contributed by atoms with Gasteiger partial charge in [-0.25, -0.2) is 14.0 Å². The van der Waals surface area contributed by atoms with Crippen LogP contribution in [0.1, 0.15) is 28.7 Å². The van der Waals surface area contributed by atoms with E-state index in [1.54, 1.807) is 0 Å². The molecule has 0 spiro atoms. The number of likely N-dealkylation sites (N-methyl/N-ethyl adjacent to an activating group) is 1. The van der Waals surface area contributed by atoms with Crippen LogP contribution in [-0.4, -0.2) is 35.7 Å². The number of carboxylic acids is 1. The quantitative estimate of drug-likeness (QED) is 0.571. The Morgan fingerprint density at radius 2 is 1.65 bits per heavy atom. The molecular weight excluding hydrogens is 421 g/mol. The van der Waals surface area contributed by atoms with E-state index in [0.717, 1.165) is 33.2 Å². The number of fused-ring (bicyclic) bond motifs is 3. The maximum Gasteiger partial charge on any atom is 0.410 e. The van der Waals surface area contributed by atoms with E-state index < -0.39 is 23.9 Å². The molecule has 0 saturated carbocycles. The normalized spacial score (nSPS) is 13.3. The number of amides is 1. The molecule has 0 radical (unpaired) electrons. The third-order valence-corrected chi connectivity index (χ3v) is 5.73. The largest absolute Gasteiger partial charge is 0.479 e. The van der Waals surface area contributed by atoms with Gasteiger partial charge in [0, 0.05) is 23.6 Å². The number of carbonyl (C=O) groups excluding carboxylic acids is 1. The third kappa shape index (κ3) is 3.86. The first kappa shape index (κ1) is 20.9. The second kappa shape index (κ2) is 8.40. The monoisotopic (exact) mass is 439 g/mol. The summed E-state index contributed by atoms with van der Waals surface area (Å²) in [5, 5.41) is 9.81. The summed E-state index contributed by atoms with van der Waals surface area (Å²) in [6.07, 6.45) is -0.867. The molecule has 0 saturated heterocycles. The first-order valence-electron chi connectivity index (χ1n) is 9.64. The molecule has 0 bridgehead atoms. The highest BCUT2D eigenvalue weighted by molar-refractivity contribution is 6.30. The fourth-order valence-electron chi connectivity index (χ4n) is 4.03. The SMILES string of the molecule is CN(C(=O)OCC1c2ccccc2-c2ccccc21)C(C(=O)O)c1cc(Cl)ccc1F. The summed E-state index contributed by atoms with van der Waals surface area (Å²) in [5.41, 5.74) is 4.02. The molecule has 158 valence electrons. The molecule has 31 heavy (non-hydrogen) atoms.